The predicted molar refractivity (Wildman–Crippen MR) is 99.8 cm³/mol. The van der Waals surface area contributed by atoms with Gasteiger partial charge in [-0.25, -0.2) is 4.79 Å². The number of phenolic OH excluding ortho intramolecular Hbond substituents is 3. The third-order valence-electron chi connectivity index (χ3n) is 4.81. The van der Waals surface area contributed by atoms with Crippen LogP contribution in [0.1, 0.15) is 44.3 Å². The van der Waals surface area contributed by atoms with Gasteiger partial charge < -0.3 is 24.8 Å². The largest absolute Gasteiger partial charge is 0.508 e. The number of benzene rings is 2. The number of hydrogen-bond donors (Lipinski definition) is 4. The van der Waals surface area contributed by atoms with Gasteiger partial charge in [0, 0.05) is 28.8 Å². The Morgan fingerprint density at radius 2 is 1.34 bits per heavy atom. The maximum Gasteiger partial charge on any atom is 0.339 e. The smallest absolute Gasteiger partial charge is 0.339 e. The van der Waals surface area contributed by atoms with Gasteiger partial charge in [-0.1, -0.05) is 6.92 Å². The van der Waals surface area contributed by atoms with E-state index in [0.29, 0.717) is 0 Å². The predicted octanol–water partition coefficient (Wildman–Crippen LogP) is 2.47. The number of phenols is 3. The number of carbonyl (C=O) groups is 2. The maximum atomic E-state index is 13.2. The summed E-state index contributed by atoms with van der Waals surface area (Å²) in [6.07, 6.45) is 0.165. The van der Waals surface area contributed by atoms with E-state index >= 15 is 0 Å². The molecule has 0 unspecified atom stereocenters. The van der Waals surface area contributed by atoms with Crippen molar-refractivity contribution >= 4 is 11.6 Å². The van der Waals surface area contributed by atoms with Crippen molar-refractivity contribution in [3.05, 3.63) is 68.6 Å². The van der Waals surface area contributed by atoms with Crippen LogP contribution in [-0.4, -0.2) is 32.0 Å². The van der Waals surface area contributed by atoms with Gasteiger partial charge in [0.1, 0.15) is 28.8 Å². The highest BCUT2D eigenvalue weighted by Crippen LogP contribution is 2.43. The molecule has 0 aliphatic heterocycles. The van der Waals surface area contributed by atoms with Crippen LogP contribution in [0.2, 0.25) is 0 Å². The third-order valence-corrected chi connectivity index (χ3v) is 4.81. The molecule has 0 saturated carbocycles. The molecule has 4 rings (SSSR count). The molecule has 0 atom stereocenters. The number of fused-ring (bicyclic) bond motifs is 2. The molecule has 8 heteroatoms. The zero-order valence-corrected chi connectivity index (χ0v) is 15.0. The van der Waals surface area contributed by atoms with Crippen molar-refractivity contribution in [1.29, 1.82) is 0 Å². The van der Waals surface area contributed by atoms with Gasteiger partial charge in [-0.2, -0.15) is 0 Å². The lowest BCUT2D eigenvalue weighted by atomic mass is 9.78. The molecule has 1 aliphatic rings. The second kappa shape index (κ2) is 6.23. The van der Waals surface area contributed by atoms with E-state index in [1.54, 1.807) is 6.92 Å². The van der Waals surface area contributed by atoms with E-state index in [4.69, 9.17) is 4.42 Å². The summed E-state index contributed by atoms with van der Waals surface area (Å²) < 4.78 is 5.08. The highest BCUT2D eigenvalue weighted by atomic mass is 16.4. The van der Waals surface area contributed by atoms with Crippen molar-refractivity contribution in [2.24, 2.45) is 0 Å². The lowest BCUT2D eigenvalue weighted by Gasteiger charge is -2.23. The topological polar surface area (TPSA) is 145 Å². The number of hydrogen-bond acceptors (Lipinski definition) is 8. The van der Waals surface area contributed by atoms with Gasteiger partial charge in [0.15, 0.2) is 11.6 Å². The van der Waals surface area contributed by atoms with Crippen LogP contribution >= 0.6 is 0 Å². The van der Waals surface area contributed by atoms with Crippen molar-refractivity contribution < 1.29 is 34.4 Å². The molecule has 1 aromatic heterocycles. The minimum Gasteiger partial charge on any atom is -0.508 e. The molecule has 1 heterocycles. The first kappa shape index (κ1) is 18.3. The summed E-state index contributed by atoms with van der Waals surface area (Å²) in [5, 5.41) is 40.1. The van der Waals surface area contributed by atoms with E-state index in [0.717, 1.165) is 30.3 Å². The summed E-state index contributed by atoms with van der Waals surface area (Å²) in [5.74, 6) is -3.26. The Hall–Kier alpha value is -4.07. The number of ketones is 2. The molecule has 4 N–H and O–H groups in total. The van der Waals surface area contributed by atoms with E-state index in [1.807, 2.05) is 0 Å². The molecule has 3 aromatic rings. The second-order valence-corrected chi connectivity index (χ2v) is 6.57. The summed E-state index contributed by atoms with van der Waals surface area (Å²) in [6.45, 7) is 1.67. The fraction of sp³-hybridized carbons (Fsp3) is 0.0952. The fourth-order valence-electron chi connectivity index (χ4n) is 3.68. The van der Waals surface area contributed by atoms with Gasteiger partial charge in [-0.05, 0) is 24.1 Å². The van der Waals surface area contributed by atoms with E-state index in [1.165, 1.54) is 0 Å². The summed E-state index contributed by atoms with van der Waals surface area (Å²) in [7, 11) is 0. The van der Waals surface area contributed by atoms with E-state index in [9.17, 15) is 34.8 Å². The Bertz CT molecular complexity index is 1280. The van der Waals surface area contributed by atoms with Gasteiger partial charge >= 0.3 is 5.63 Å². The van der Waals surface area contributed by atoms with Gasteiger partial charge in [-0.3, -0.25) is 9.59 Å². The number of rotatable bonds is 2. The lowest BCUT2D eigenvalue weighted by molar-refractivity contribution is 0.0975. The van der Waals surface area contributed by atoms with Gasteiger partial charge in [0.05, 0.1) is 17.2 Å². The molecule has 0 spiro atoms. The summed E-state index contributed by atoms with van der Waals surface area (Å²) in [6, 6.07) is 5.05. The molecule has 1 aliphatic carbocycles. The minimum absolute atomic E-state index is 0.0119. The SMILES string of the molecule is CCc1c2c(cc(O)c1-c1cc(O)cc(=O)o1)C(=O)c1cc(O)cc(O)c1C2=O. The monoisotopic (exact) mass is 394 g/mol. The van der Waals surface area contributed by atoms with Crippen LogP contribution in [0.15, 0.2) is 39.5 Å². The summed E-state index contributed by atoms with van der Waals surface area (Å²) in [5.41, 5.74) is -1.26. The van der Waals surface area contributed by atoms with Crippen molar-refractivity contribution in [3.63, 3.8) is 0 Å². The molecule has 146 valence electrons. The van der Waals surface area contributed by atoms with Gasteiger partial charge in [0.25, 0.3) is 0 Å². The third kappa shape index (κ3) is 2.65. The molecule has 0 bridgehead atoms. The molecule has 0 fully saturated rings. The standard InChI is InChI=1S/C21H14O8/c1-2-10-17-12(7-14(25)18(10)15-5-9(23)6-16(26)29-15)20(27)11-3-8(22)4-13(24)19(11)21(17)28/h3-7,22-25H,2H2,1H3. The number of carbonyl (C=O) groups excluding carboxylic acids is 2. The Morgan fingerprint density at radius 3 is 2.00 bits per heavy atom. The molecule has 0 saturated heterocycles. The molecule has 2 aromatic carbocycles. The van der Waals surface area contributed by atoms with E-state index < -0.39 is 34.4 Å². The molecule has 0 radical (unpaired) electrons. The van der Waals surface area contributed by atoms with Crippen LogP contribution in [0, 0.1) is 0 Å². The second-order valence-electron chi connectivity index (χ2n) is 6.57. The van der Waals surface area contributed by atoms with Crippen LogP contribution in [0.3, 0.4) is 0 Å². The average molecular weight is 394 g/mol. The molecule has 29 heavy (non-hydrogen) atoms. The van der Waals surface area contributed by atoms with Crippen molar-refractivity contribution in [1.82, 2.24) is 0 Å². The Kier molecular flexibility index (Phi) is 3.93. The highest BCUT2D eigenvalue weighted by Gasteiger charge is 2.36. The first-order chi connectivity index (χ1) is 13.7. The normalized spacial score (nSPS) is 12.6. The quantitative estimate of drug-likeness (QED) is 0.406. The first-order valence-corrected chi connectivity index (χ1v) is 8.61. The van der Waals surface area contributed by atoms with Crippen LogP contribution < -0.4 is 5.63 Å². The fourth-order valence-corrected chi connectivity index (χ4v) is 3.68. The zero-order valence-electron chi connectivity index (χ0n) is 15.0. The summed E-state index contributed by atoms with van der Waals surface area (Å²) >= 11 is 0. The van der Waals surface area contributed by atoms with Crippen LogP contribution in [0.5, 0.6) is 23.0 Å². The first-order valence-electron chi connectivity index (χ1n) is 8.61. The zero-order chi connectivity index (χ0) is 21.0. The van der Waals surface area contributed by atoms with E-state index in [2.05, 4.69) is 0 Å². The van der Waals surface area contributed by atoms with Crippen LogP contribution in [-0.2, 0) is 6.42 Å². The average Bonchev–Trinajstić information content (AvgIpc) is 2.63. The van der Waals surface area contributed by atoms with Gasteiger partial charge in [-0.15, -0.1) is 0 Å². The molecular formula is C21H14O8. The van der Waals surface area contributed by atoms with Crippen LogP contribution in [0.25, 0.3) is 11.3 Å². The summed E-state index contributed by atoms with van der Waals surface area (Å²) in [4.78, 5) is 37.8. The van der Waals surface area contributed by atoms with Crippen molar-refractivity contribution in [2.45, 2.75) is 13.3 Å². The lowest BCUT2D eigenvalue weighted by Crippen LogP contribution is -2.23. The Balaban J connectivity index is 2.08. The number of aromatic hydroxyl groups is 4. The molecular weight excluding hydrogens is 380 g/mol. The molecule has 8 nitrogen and oxygen atoms in total. The highest BCUT2D eigenvalue weighted by molar-refractivity contribution is 6.30. The Labute approximate surface area is 162 Å². The maximum absolute atomic E-state index is 13.2. The minimum atomic E-state index is -0.861. The molecule has 0 amide bonds. The van der Waals surface area contributed by atoms with Crippen molar-refractivity contribution in [3.8, 4) is 34.3 Å². The van der Waals surface area contributed by atoms with Gasteiger partial charge in [0.2, 0.25) is 0 Å². The van der Waals surface area contributed by atoms with Crippen molar-refractivity contribution in [2.75, 3.05) is 0 Å². The van der Waals surface area contributed by atoms with E-state index in [-0.39, 0.29) is 51.3 Å². The van der Waals surface area contributed by atoms with Crippen LogP contribution in [0.4, 0.5) is 0 Å². The Morgan fingerprint density at radius 1 is 0.724 bits per heavy atom.